The van der Waals surface area contributed by atoms with Crippen LogP contribution in [-0.4, -0.2) is 38.6 Å². The maximum absolute atomic E-state index is 11.0. The van der Waals surface area contributed by atoms with E-state index in [0.29, 0.717) is 6.54 Å². The zero-order valence-electron chi connectivity index (χ0n) is 17.7. The van der Waals surface area contributed by atoms with Crippen LogP contribution in [0.3, 0.4) is 0 Å². The number of anilines is 2. The van der Waals surface area contributed by atoms with Gasteiger partial charge in [0.15, 0.2) is 5.82 Å². The lowest BCUT2D eigenvalue weighted by Crippen LogP contribution is -2.33. The van der Waals surface area contributed by atoms with Crippen LogP contribution in [0, 0.1) is 0 Å². The minimum Gasteiger partial charge on any atom is -0.480 e. The van der Waals surface area contributed by atoms with Gasteiger partial charge in [-0.25, -0.2) is 9.97 Å². The second kappa shape index (κ2) is 8.36. The molecular weight excluding hydrogens is 402 g/mol. The highest BCUT2D eigenvalue weighted by atomic mass is 16.4. The number of hydrogen-bond acceptors (Lipinski definition) is 6. The Labute approximate surface area is 185 Å². The normalized spacial score (nSPS) is 13.8. The van der Waals surface area contributed by atoms with Crippen LogP contribution in [0.2, 0.25) is 0 Å². The standard InChI is InChI=1S/C25H23N5O2/c1-16(25(31)32)26-13-17-12-21-23(27-14-17)24(29-15-28-21)30-11-10-20-19(8-5-9-22(20)30)18-6-3-2-4-7-18/h2-9,12,14-16,26H,10-11,13H2,1H3,(H,31,32)/t16-/m0/s1. The van der Waals surface area contributed by atoms with E-state index in [-0.39, 0.29) is 0 Å². The Hall–Kier alpha value is -3.84. The molecule has 7 nitrogen and oxygen atoms in total. The highest BCUT2D eigenvalue weighted by molar-refractivity contribution is 5.90. The summed E-state index contributed by atoms with van der Waals surface area (Å²) in [5, 5.41) is 12.0. The number of aliphatic carboxylic acids is 1. The van der Waals surface area contributed by atoms with Gasteiger partial charge in [0.25, 0.3) is 0 Å². The SMILES string of the molecule is C[C@H](NCc1cnc2c(N3CCc4c(-c5ccccc5)cccc43)ncnc2c1)C(=O)O. The molecule has 0 spiro atoms. The number of nitrogens with zero attached hydrogens (tertiary/aromatic N) is 4. The number of nitrogens with one attached hydrogen (secondary N) is 1. The van der Waals surface area contributed by atoms with Gasteiger partial charge in [-0.15, -0.1) is 0 Å². The summed E-state index contributed by atoms with van der Waals surface area (Å²) in [4.78, 5) is 26.9. The molecule has 32 heavy (non-hydrogen) atoms. The number of pyridine rings is 1. The third kappa shape index (κ3) is 3.67. The lowest BCUT2D eigenvalue weighted by Gasteiger charge is -2.20. The fraction of sp³-hybridized carbons (Fsp3) is 0.200. The van der Waals surface area contributed by atoms with Gasteiger partial charge < -0.3 is 15.3 Å². The molecule has 2 aromatic carbocycles. The summed E-state index contributed by atoms with van der Waals surface area (Å²) >= 11 is 0. The van der Waals surface area contributed by atoms with Crippen molar-refractivity contribution < 1.29 is 9.90 Å². The van der Waals surface area contributed by atoms with Gasteiger partial charge >= 0.3 is 5.97 Å². The molecule has 2 N–H and O–H groups in total. The van der Waals surface area contributed by atoms with Gasteiger partial charge in [-0.1, -0.05) is 42.5 Å². The Bertz CT molecular complexity index is 1290. The molecule has 1 atom stereocenters. The lowest BCUT2D eigenvalue weighted by molar-refractivity contribution is -0.139. The summed E-state index contributed by atoms with van der Waals surface area (Å²) in [6.07, 6.45) is 4.25. The fourth-order valence-electron chi connectivity index (χ4n) is 4.17. The Morgan fingerprint density at radius 1 is 1.12 bits per heavy atom. The maximum atomic E-state index is 11.0. The summed E-state index contributed by atoms with van der Waals surface area (Å²) < 4.78 is 0. The smallest absolute Gasteiger partial charge is 0.320 e. The molecule has 1 aliphatic rings. The Morgan fingerprint density at radius 3 is 2.78 bits per heavy atom. The van der Waals surface area contributed by atoms with Crippen LogP contribution in [-0.2, 0) is 17.8 Å². The van der Waals surface area contributed by atoms with Crippen molar-refractivity contribution in [2.24, 2.45) is 0 Å². The fourth-order valence-corrected chi connectivity index (χ4v) is 4.17. The molecule has 0 saturated heterocycles. The van der Waals surface area contributed by atoms with Gasteiger partial charge in [0, 0.05) is 25.0 Å². The number of carbonyl (C=O) groups is 1. The largest absolute Gasteiger partial charge is 0.480 e. The summed E-state index contributed by atoms with van der Waals surface area (Å²) in [5.74, 6) is -0.0942. The average Bonchev–Trinajstić information content (AvgIpc) is 3.26. The van der Waals surface area contributed by atoms with Crippen molar-refractivity contribution >= 4 is 28.5 Å². The molecule has 4 aromatic rings. The molecule has 0 radical (unpaired) electrons. The third-order valence-corrected chi connectivity index (χ3v) is 5.86. The minimum atomic E-state index is -0.883. The van der Waals surface area contributed by atoms with Crippen LogP contribution in [0.1, 0.15) is 18.1 Å². The topological polar surface area (TPSA) is 91.2 Å². The van der Waals surface area contributed by atoms with Crippen LogP contribution >= 0.6 is 0 Å². The number of benzene rings is 2. The number of rotatable bonds is 6. The van der Waals surface area contributed by atoms with E-state index in [9.17, 15) is 4.79 Å². The first-order valence-corrected chi connectivity index (χ1v) is 10.6. The predicted octanol–water partition coefficient (Wildman–Crippen LogP) is 3.95. The first kappa shape index (κ1) is 20.1. The van der Waals surface area contributed by atoms with Crippen LogP contribution in [0.4, 0.5) is 11.5 Å². The predicted molar refractivity (Wildman–Crippen MR) is 124 cm³/mol. The van der Waals surface area contributed by atoms with Crippen molar-refractivity contribution in [3.8, 4) is 11.1 Å². The molecule has 160 valence electrons. The van der Waals surface area contributed by atoms with Crippen molar-refractivity contribution in [2.75, 3.05) is 11.4 Å². The molecule has 1 aliphatic heterocycles. The van der Waals surface area contributed by atoms with Crippen LogP contribution in [0.15, 0.2) is 67.1 Å². The quantitative estimate of drug-likeness (QED) is 0.483. The lowest BCUT2D eigenvalue weighted by atomic mass is 9.98. The molecule has 0 aliphatic carbocycles. The molecule has 0 fully saturated rings. The summed E-state index contributed by atoms with van der Waals surface area (Å²) in [5.41, 5.74) is 7.28. The van der Waals surface area contributed by atoms with E-state index in [2.05, 4.69) is 67.6 Å². The first-order valence-electron chi connectivity index (χ1n) is 10.6. The summed E-state index contributed by atoms with van der Waals surface area (Å²) in [6, 6.07) is 18.1. The van der Waals surface area contributed by atoms with Crippen molar-refractivity contribution in [1.82, 2.24) is 20.3 Å². The number of carboxylic acid groups (broad SMARTS) is 1. The van der Waals surface area contributed by atoms with Gasteiger partial charge in [-0.2, -0.15) is 0 Å². The van der Waals surface area contributed by atoms with Gasteiger partial charge in [-0.05, 0) is 47.7 Å². The van der Waals surface area contributed by atoms with Crippen LogP contribution in [0.25, 0.3) is 22.2 Å². The first-order chi connectivity index (χ1) is 15.6. The second-order valence-corrected chi connectivity index (χ2v) is 7.92. The maximum Gasteiger partial charge on any atom is 0.320 e. The molecule has 0 saturated carbocycles. The Morgan fingerprint density at radius 2 is 1.97 bits per heavy atom. The molecule has 5 rings (SSSR count). The highest BCUT2D eigenvalue weighted by Crippen LogP contribution is 2.40. The average molecular weight is 425 g/mol. The Balaban J connectivity index is 1.49. The molecular formula is C25H23N5O2. The van der Waals surface area contributed by atoms with E-state index in [1.165, 1.54) is 16.7 Å². The zero-order chi connectivity index (χ0) is 22.1. The number of aromatic nitrogens is 3. The molecule has 3 heterocycles. The van der Waals surface area contributed by atoms with Gasteiger partial charge in [0.05, 0.1) is 5.52 Å². The van der Waals surface area contributed by atoms with Crippen molar-refractivity contribution in [3.63, 3.8) is 0 Å². The second-order valence-electron chi connectivity index (χ2n) is 7.92. The van der Waals surface area contributed by atoms with E-state index in [0.717, 1.165) is 41.1 Å². The number of hydrogen-bond donors (Lipinski definition) is 2. The van der Waals surface area contributed by atoms with Crippen molar-refractivity contribution in [1.29, 1.82) is 0 Å². The monoisotopic (exact) mass is 425 g/mol. The van der Waals surface area contributed by atoms with Gasteiger partial charge in [0.1, 0.15) is 17.9 Å². The minimum absolute atomic E-state index is 0.405. The van der Waals surface area contributed by atoms with Gasteiger partial charge in [0.2, 0.25) is 0 Å². The molecule has 0 unspecified atom stereocenters. The molecule has 7 heteroatoms. The van der Waals surface area contributed by atoms with E-state index < -0.39 is 12.0 Å². The van der Waals surface area contributed by atoms with E-state index in [1.807, 2.05) is 12.1 Å². The molecule has 0 bridgehead atoms. The number of fused-ring (bicyclic) bond motifs is 2. The van der Waals surface area contributed by atoms with Crippen molar-refractivity contribution in [2.45, 2.75) is 25.9 Å². The van der Waals surface area contributed by atoms with E-state index in [1.54, 1.807) is 19.4 Å². The zero-order valence-corrected chi connectivity index (χ0v) is 17.7. The summed E-state index contributed by atoms with van der Waals surface area (Å²) in [6.45, 7) is 2.85. The van der Waals surface area contributed by atoms with Crippen LogP contribution in [0.5, 0.6) is 0 Å². The molecule has 0 amide bonds. The van der Waals surface area contributed by atoms with Crippen molar-refractivity contribution in [3.05, 3.63) is 78.2 Å². The summed E-state index contributed by atoms with van der Waals surface area (Å²) in [7, 11) is 0. The Kier molecular flexibility index (Phi) is 5.25. The van der Waals surface area contributed by atoms with Gasteiger partial charge in [-0.3, -0.25) is 9.78 Å². The number of carboxylic acids is 1. The molecule has 2 aromatic heterocycles. The highest BCUT2D eigenvalue weighted by Gasteiger charge is 2.26. The van der Waals surface area contributed by atoms with E-state index >= 15 is 0 Å². The van der Waals surface area contributed by atoms with Crippen LogP contribution < -0.4 is 10.2 Å². The third-order valence-electron chi connectivity index (χ3n) is 5.86. The van der Waals surface area contributed by atoms with E-state index in [4.69, 9.17) is 5.11 Å².